The molecule has 0 unspecified atom stereocenters. The summed E-state index contributed by atoms with van der Waals surface area (Å²) in [6.07, 6.45) is 1.21. The summed E-state index contributed by atoms with van der Waals surface area (Å²) in [4.78, 5) is 12.7. The van der Waals surface area contributed by atoms with Crippen LogP contribution in [0.2, 0.25) is 0 Å². The monoisotopic (exact) mass is 404 g/mol. The highest BCUT2D eigenvalue weighted by molar-refractivity contribution is 7.91. The zero-order valence-electron chi connectivity index (χ0n) is 15.8. The van der Waals surface area contributed by atoms with Crippen LogP contribution in [0.5, 0.6) is 0 Å². The molecule has 1 aliphatic rings. The standard InChI is InChI=1S/C18H28N2O4S.ClH/c1-17(2,3)25(22,23)13-14-6-5-7-15(12-14)20-16(21)18(24-4)8-10-19-11-9-18;/h5-7,12,19H,8-11,13H2,1-4H3,(H,20,21);1H. The molecule has 26 heavy (non-hydrogen) atoms. The second-order valence-electron chi connectivity index (χ2n) is 7.47. The lowest BCUT2D eigenvalue weighted by Crippen LogP contribution is -2.51. The predicted molar refractivity (Wildman–Crippen MR) is 107 cm³/mol. The van der Waals surface area contributed by atoms with Crippen LogP contribution in [0, 0.1) is 0 Å². The Bertz CT molecular complexity index is 723. The summed E-state index contributed by atoms with van der Waals surface area (Å²) in [7, 11) is -1.73. The van der Waals surface area contributed by atoms with Crippen molar-refractivity contribution in [2.75, 3.05) is 25.5 Å². The van der Waals surface area contributed by atoms with Crippen LogP contribution >= 0.6 is 12.4 Å². The molecular weight excluding hydrogens is 376 g/mol. The second kappa shape index (κ2) is 8.69. The number of hydrogen-bond acceptors (Lipinski definition) is 5. The Hall–Kier alpha value is -1.15. The van der Waals surface area contributed by atoms with E-state index in [1.165, 1.54) is 0 Å². The second-order valence-corrected chi connectivity index (χ2v) is 10.2. The van der Waals surface area contributed by atoms with Crippen LogP contribution in [-0.2, 0) is 25.1 Å². The fourth-order valence-corrected chi connectivity index (χ4v) is 3.83. The number of hydrogen-bond donors (Lipinski definition) is 2. The van der Waals surface area contributed by atoms with Crippen molar-refractivity contribution in [1.29, 1.82) is 0 Å². The van der Waals surface area contributed by atoms with Crippen molar-refractivity contribution in [3.05, 3.63) is 29.8 Å². The van der Waals surface area contributed by atoms with Gasteiger partial charge in [-0.3, -0.25) is 4.79 Å². The molecule has 0 aliphatic carbocycles. The fourth-order valence-electron chi connectivity index (χ4n) is 2.77. The van der Waals surface area contributed by atoms with Crippen molar-refractivity contribution >= 4 is 33.8 Å². The highest BCUT2D eigenvalue weighted by atomic mass is 35.5. The van der Waals surface area contributed by atoms with Gasteiger partial charge in [0.05, 0.1) is 10.5 Å². The lowest BCUT2D eigenvalue weighted by Gasteiger charge is -2.34. The Morgan fingerprint density at radius 3 is 2.42 bits per heavy atom. The Morgan fingerprint density at radius 2 is 1.88 bits per heavy atom. The third-order valence-electron chi connectivity index (χ3n) is 4.69. The summed E-state index contributed by atoms with van der Waals surface area (Å²) in [6, 6.07) is 6.99. The minimum Gasteiger partial charge on any atom is -0.368 e. The van der Waals surface area contributed by atoms with E-state index in [2.05, 4.69) is 10.6 Å². The number of sulfone groups is 1. The van der Waals surface area contributed by atoms with E-state index >= 15 is 0 Å². The Morgan fingerprint density at radius 1 is 1.27 bits per heavy atom. The summed E-state index contributed by atoms with van der Waals surface area (Å²) in [6.45, 7) is 6.52. The lowest BCUT2D eigenvalue weighted by molar-refractivity contribution is -0.140. The number of piperidine rings is 1. The summed E-state index contributed by atoms with van der Waals surface area (Å²) >= 11 is 0. The molecule has 0 saturated carbocycles. The molecule has 1 aromatic rings. The first-order chi connectivity index (χ1) is 11.6. The molecular formula is C18H29ClN2O4S. The van der Waals surface area contributed by atoms with Gasteiger partial charge in [0.25, 0.3) is 5.91 Å². The first kappa shape index (κ1) is 22.9. The minimum atomic E-state index is -3.28. The number of rotatable bonds is 5. The molecule has 8 heteroatoms. The molecule has 2 N–H and O–H groups in total. The zero-order chi connectivity index (χ0) is 18.7. The largest absolute Gasteiger partial charge is 0.368 e. The minimum absolute atomic E-state index is 0. The number of amides is 1. The van der Waals surface area contributed by atoms with Gasteiger partial charge >= 0.3 is 0 Å². The molecule has 1 amide bonds. The van der Waals surface area contributed by atoms with Crippen molar-refractivity contribution in [2.24, 2.45) is 0 Å². The number of methoxy groups -OCH3 is 1. The molecule has 1 aromatic carbocycles. The highest BCUT2D eigenvalue weighted by Crippen LogP contribution is 2.26. The number of ether oxygens (including phenoxy) is 1. The van der Waals surface area contributed by atoms with Gasteiger partial charge in [-0.25, -0.2) is 8.42 Å². The molecule has 148 valence electrons. The van der Waals surface area contributed by atoms with E-state index in [1.807, 2.05) is 0 Å². The Kier molecular flexibility index (Phi) is 7.65. The molecule has 1 fully saturated rings. The third-order valence-corrected chi connectivity index (χ3v) is 7.27. The summed E-state index contributed by atoms with van der Waals surface area (Å²) < 4.78 is 29.5. The molecule has 6 nitrogen and oxygen atoms in total. The van der Waals surface area contributed by atoms with Gasteiger partial charge in [0, 0.05) is 12.8 Å². The van der Waals surface area contributed by atoms with Crippen molar-refractivity contribution < 1.29 is 17.9 Å². The van der Waals surface area contributed by atoms with Gasteiger partial charge in [-0.2, -0.15) is 0 Å². The van der Waals surface area contributed by atoms with Crippen LogP contribution < -0.4 is 10.6 Å². The zero-order valence-corrected chi connectivity index (χ0v) is 17.4. The van der Waals surface area contributed by atoms with Gasteiger partial charge < -0.3 is 15.4 Å². The smallest absolute Gasteiger partial charge is 0.256 e. The molecule has 0 aromatic heterocycles. The number of nitrogens with one attached hydrogen (secondary N) is 2. The summed E-state index contributed by atoms with van der Waals surface area (Å²) in [5.74, 6) is -0.244. The van der Waals surface area contributed by atoms with Crippen molar-refractivity contribution in [1.82, 2.24) is 5.32 Å². The normalized spacial score (nSPS) is 17.2. The number of halogens is 1. The van der Waals surface area contributed by atoms with Crippen LogP contribution in [0.3, 0.4) is 0 Å². The van der Waals surface area contributed by atoms with Gasteiger partial charge in [-0.1, -0.05) is 12.1 Å². The Labute approximate surface area is 162 Å². The third kappa shape index (κ3) is 5.19. The lowest BCUT2D eigenvalue weighted by atomic mass is 9.91. The van der Waals surface area contributed by atoms with E-state index in [9.17, 15) is 13.2 Å². The van der Waals surface area contributed by atoms with E-state index in [0.29, 0.717) is 24.1 Å². The fraction of sp³-hybridized carbons (Fsp3) is 0.611. The van der Waals surface area contributed by atoms with Crippen LogP contribution in [0.15, 0.2) is 24.3 Å². The van der Waals surface area contributed by atoms with E-state index < -0.39 is 20.2 Å². The van der Waals surface area contributed by atoms with Gasteiger partial charge in [0.2, 0.25) is 0 Å². The van der Waals surface area contributed by atoms with Gasteiger partial charge in [-0.05, 0) is 64.4 Å². The average Bonchev–Trinajstić information content (AvgIpc) is 2.54. The maximum absolute atomic E-state index is 12.7. The first-order valence-corrected chi connectivity index (χ1v) is 10.1. The SMILES string of the molecule is COC1(C(=O)Nc2cccc(CS(=O)(=O)C(C)(C)C)c2)CCNCC1.Cl. The maximum atomic E-state index is 12.7. The molecule has 2 rings (SSSR count). The van der Waals surface area contributed by atoms with E-state index in [1.54, 1.807) is 52.1 Å². The van der Waals surface area contributed by atoms with Crippen LogP contribution in [0.1, 0.15) is 39.2 Å². The van der Waals surface area contributed by atoms with Crippen LogP contribution in [0.25, 0.3) is 0 Å². The van der Waals surface area contributed by atoms with Crippen LogP contribution in [0.4, 0.5) is 5.69 Å². The van der Waals surface area contributed by atoms with Gasteiger partial charge in [0.15, 0.2) is 9.84 Å². The number of carbonyl (C=O) groups excluding carboxylic acids is 1. The molecule has 1 aliphatic heterocycles. The highest BCUT2D eigenvalue weighted by Gasteiger charge is 2.39. The maximum Gasteiger partial charge on any atom is 0.256 e. The van der Waals surface area contributed by atoms with Crippen molar-refractivity contribution in [2.45, 2.75) is 49.7 Å². The number of benzene rings is 1. The summed E-state index contributed by atoms with van der Waals surface area (Å²) in [5.41, 5.74) is 0.407. The van der Waals surface area contributed by atoms with Gasteiger partial charge in [-0.15, -0.1) is 12.4 Å². The molecule has 0 atom stereocenters. The number of anilines is 1. The van der Waals surface area contributed by atoms with E-state index in [4.69, 9.17) is 4.74 Å². The van der Waals surface area contributed by atoms with E-state index in [0.717, 1.165) is 13.1 Å². The average molecular weight is 405 g/mol. The van der Waals surface area contributed by atoms with Crippen LogP contribution in [-0.4, -0.2) is 44.9 Å². The quantitative estimate of drug-likeness (QED) is 0.787. The Balaban J connectivity index is 0.00000338. The van der Waals surface area contributed by atoms with E-state index in [-0.39, 0.29) is 24.1 Å². The molecule has 1 saturated heterocycles. The molecule has 0 bridgehead atoms. The predicted octanol–water partition coefficient (Wildman–Crippen LogP) is 2.53. The van der Waals surface area contributed by atoms with Gasteiger partial charge in [0.1, 0.15) is 5.60 Å². The first-order valence-electron chi connectivity index (χ1n) is 8.48. The molecule has 0 spiro atoms. The topological polar surface area (TPSA) is 84.5 Å². The molecule has 0 radical (unpaired) electrons. The van der Waals surface area contributed by atoms with Crippen molar-refractivity contribution in [3.63, 3.8) is 0 Å². The summed E-state index contributed by atoms with van der Waals surface area (Å²) in [5, 5.41) is 6.10. The van der Waals surface area contributed by atoms with Crippen molar-refractivity contribution in [3.8, 4) is 0 Å². The molecule has 1 heterocycles. The number of carbonyl (C=O) groups is 1.